The van der Waals surface area contributed by atoms with Crippen LogP contribution in [0.25, 0.3) is 0 Å². The van der Waals surface area contributed by atoms with E-state index in [9.17, 15) is 15.0 Å². The lowest BCUT2D eigenvalue weighted by molar-refractivity contribution is -0.128. The van der Waals surface area contributed by atoms with Gasteiger partial charge in [-0.1, -0.05) is 66.3 Å². The van der Waals surface area contributed by atoms with Crippen LogP contribution in [0, 0.1) is 6.92 Å². The molecule has 0 spiro atoms. The highest BCUT2D eigenvalue weighted by molar-refractivity contribution is 5.75. The van der Waals surface area contributed by atoms with Gasteiger partial charge in [-0.05, 0) is 44.6 Å². The molecule has 0 saturated heterocycles. The molecule has 0 saturated carbocycles. The number of aliphatic hydroxyl groups is 2. The quantitative estimate of drug-likeness (QED) is 0.535. The van der Waals surface area contributed by atoms with E-state index < -0.39 is 12.2 Å². The molecule has 0 fully saturated rings. The summed E-state index contributed by atoms with van der Waals surface area (Å²) in [6.07, 6.45) is 14.1. The average Bonchev–Trinajstić information content (AvgIpc) is 2.66. The molecule has 4 nitrogen and oxygen atoms in total. The summed E-state index contributed by atoms with van der Waals surface area (Å²) in [6, 6.07) is 8.51. The number of allylic oxidation sites excluding steroid dienone is 4. The molecule has 154 valence electrons. The predicted octanol–water partition coefficient (Wildman–Crippen LogP) is 3.97. The molecule has 0 aliphatic heterocycles. The Morgan fingerprint density at radius 1 is 0.929 bits per heavy atom. The standard InChI is InChI=1S/C24H35NO3/c1-20-16-18-21(19-17-20)10-8-13-22(26)11-6-4-5-7-12-23(27)14-9-15-24(28)25(2)3/h4-7,11-12,16-19,22-23,26-27H,8-10,13-15H2,1-3H3/b5-4+,11-6+,12-7+. The zero-order chi connectivity index (χ0) is 20.8. The number of hydrogen-bond acceptors (Lipinski definition) is 3. The summed E-state index contributed by atoms with van der Waals surface area (Å²) in [6.45, 7) is 2.08. The van der Waals surface area contributed by atoms with Crippen LogP contribution in [0.4, 0.5) is 0 Å². The van der Waals surface area contributed by atoms with Gasteiger partial charge in [-0.25, -0.2) is 0 Å². The maximum atomic E-state index is 11.4. The molecule has 0 aliphatic carbocycles. The minimum absolute atomic E-state index is 0.0821. The monoisotopic (exact) mass is 385 g/mol. The number of rotatable bonds is 12. The van der Waals surface area contributed by atoms with Crippen LogP contribution in [0.1, 0.15) is 43.2 Å². The summed E-state index contributed by atoms with van der Waals surface area (Å²) >= 11 is 0. The van der Waals surface area contributed by atoms with Crippen LogP contribution < -0.4 is 0 Å². The summed E-state index contributed by atoms with van der Waals surface area (Å²) < 4.78 is 0. The summed E-state index contributed by atoms with van der Waals surface area (Å²) in [7, 11) is 3.47. The lowest BCUT2D eigenvalue weighted by Gasteiger charge is -2.10. The van der Waals surface area contributed by atoms with Gasteiger partial charge in [0, 0.05) is 20.5 Å². The zero-order valence-corrected chi connectivity index (χ0v) is 17.4. The largest absolute Gasteiger partial charge is 0.389 e. The van der Waals surface area contributed by atoms with Crippen LogP contribution in [0.2, 0.25) is 0 Å². The summed E-state index contributed by atoms with van der Waals surface area (Å²) in [5, 5.41) is 19.8. The van der Waals surface area contributed by atoms with Crippen molar-refractivity contribution in [2.75, 3.05) is 14.1 Å². The van der Waals surface area contributed by atoms with E-state index in [0.29, 0.717) is 19.3 Å². The summed E-state index contributed by atoms with van der Waals surface area (Å²) in [5.41, 5.74) is 2.57. The van der Waals surface area contributed by atoms with E-state index >= 15 is 0 Å². The van der Waals surface area contributed by atoms with Crippen molar-refractivity contribution in [1.29, 1.82) is 0 Å². The Labute approximate surface area is 169 Å². The van der Waals surface area contributed by atoms with Crippen molar-refractivity contribution in [2.24, 2.45) is 0 Å². The molecule has 1 rings (SSSR count). The Morgan fingerprint density at radius 3 is 2.00 bits per heavy atom. The predicted molar refractivity (Wildman–Crippen MR) is 116 cm³/mol. The number of carbonyl (C=O) groups excluding carboxylic acids is 1. The third-order valence-corrected chi connectivity index (χ3v) is 4.48. The molecule has 0 aromatic heterocycles. The molecular weight excluding hydrogens is 350 g/mol. The van der Waals surface area contributed by atoms with Gasteiger partial charge in [0.25, 0.3) is 0 Å². The molecule has 2 atom stereocenters. The summed E-state index contributed by atoms with van der Waals surface area (Å²) in [4.78, 5) is 13.0. The van der Waals surface area contributed by atoms with Crippen LogP contribution in [-0.4, -0.2) is 47.3 Å². The van der Waals surface area contributed by atoms with Crippen LogP contribution in [0.15, 0.2) is 60.7 Å². The lowest BCUT2D eigenvalue weighted by atomic mass is 10.0. The van der Waals surface area contributed by atoms with Crippen molar-refractivity contribution in [3.05, 3.63) is 71.8 Å². The first-order chi connectivity index (χ1) is 13.4. The van der Waals surface area contributed by atoms with Crippen molar-refractivity contribution in [3.8, 4) is 0 Å². The topological polar surface area (TPSA) is 60.8 Å². The highest BCUT2D eigenvalue weighted by atomic mass is 16.3. The minimum Gasteiger partial charge on any atom is -0.389 e. The molecule has 1 aromatic carbocycles. The molecule has 4 heteroatoms. The number of hydrogen-bond donors (Lipinski definition) is 2. The molecule has 0 radical (unpaired) electrons. The van der Waals surface area contributed by atoms with E-state index in [2.05, 4.69) is 31.2 Å². The zero-order valence-electron chi connectivity index (χ0n) is 17.4. The van der Waals surface area contributed by atoms with Gasteiger partial charge >= 0.3 is 0 Å². The van der Waals surface area contributed by atoms with Gasteiger partial charge in [0.2, 0.25) is 5.91 Å². The van der Waals surface area contributed by atoms with Crippen molar-refractivity contribution in [1.82, 2.24) is 4.90 Å². The van der Waals surface area contributed by atoms with E-state index in [1.54, 1.807) is 37.2 Å². The molecule has 1 aromatic rings. The third-order valence-electron chi connectivity index (χ3n) is 4.48. The van der Waals surface area contributed by atoms with E-state index in [1.165, 1.54) is 11.1 Å². The smallest absolute Gasteiger partial charge is 0.222 e. The maximum Gasteiger partial charge on any atom is 0.222 e. The number of nitrogens with zero attached hydrogens (tertiary/aromatic N) is 1. The Hall–Kier alpha value is -2.17. The van der Waals surface area contributed by atoms with Gasteiger partial charge in [-0.15, -0.1) is 0 Å². The van der Waals surface area contributed by atoms with E-state index in [0.717, 1.165) is 19.3 Å². The SMILES string of the molecule is Cc1ccc(CCCC(O)/C=C/C=C/C=C/C(O)CCCC(=O)N(C)C)cc1. The Kier molecular flexibility index (Phi) is 11.9. The van der Waals surface area contributed by atoms with E-state index in [4.69, 9.17) is 0 Å². The highest BCUT2D eigenvalue weighted by Gasteiger charge is 2.05. The second-order valence-electron chi connectivity index (χ2n) is 7.35. The van der Waals surface area contributed by atoms with Gasteiger partial charge in [-0.3, -0.25) is 4.79 Å². The van der Waals surface area contributed by atoms with Crippen molar-refractivity contribution in [3.63, 3.8) is 0 Å². The van der Waals surface area contributed by atoms with Gasteiger partial charge in [0.05, 0.1) is 12.2 Å². The van der Waals surface area contributed by atoms with Crippen molar-refractivity contribution in [2.45, 2.75) is 57.7 Å². The number of benzene rings is 1. The van der Waals surface area contributed by atoms with Crippen LogP contribution in [0.5, 0.6) is 0 Å². The minimum atomic E-state index is -0.545. The first kappa shape index (κ1) is 23.9. The van der Waals surface area contributed by atoms with Crippen LogP contribution in [0.3, 0.4) is 0 Å². The van der Waals surface area contributed by atoms with Crippen LogP contribution in [-0.2, 0) is 11.2 Å². The molecule has 0 bridgehead atoms. The van der Waals surface area contributed by atoms with Gasteiger partial charge in [0.15, 0.2) is 0 Å². The molecule has 2 unspecified atom stereocenters. The van der Waals surface area contributed by atoms with Gasteiger partial charge < -0.3 is 15.1 Å². The third kappa shape index (κ3) is 11.5. The fourth-order valence-corrected chi connectivity index (χ4v) is 2.66. The maximum absolute atomic E-state index is 11.4. The second-order valence-corrected chi connectivity index (χ2v) is 7.35. The fourth-order valence-electron chi connectivity index (χ4n) is 2.66. The van der Waals surface area contributed by atoms with E-state index in [1.807, 2.05) is 18.2 Å². The van der Waals surface area contributed by atoms with Crippen molar-refractivity contribution < 1.29 is 15.0 Å². The first-order valence-corrected chi connectivity index (χ1v) is 10.0. The Bertz CT molecular complexity index is 644. The Morgan fingerprint density at radius 2 is 1.46 bits per heavy atom. The molecule has 0 heterocycles. The average molecular weight is 386 g/mol. The molecule has 2 N–H and O–H groups in total. The van der Waals surface area contributed by atoms with E-state index in [-0.39, 0.29) is 5.91 Å². The molecule has 28 heavy (non-hydrogen) atoms. The number of aliphatic hydroxyl groups excluding tert-OH is 2. The normalized spacial score (nSPS) is 14.2. The van der Waals surface area contributed by atoms with Gasteiger partial charge in [-0.2, -0.15) is 0 Å². The second kappa shape index (κ2) is 13.9. The van der Waals surface area contributed by atoms with Crippen molar-refractivity contribution >= 4 is 5.91 Å². The fraction of sp³-hybridized carbons (Fsp3) is 0.458. The molecule has 0 aliphatic rings. The first-order valence-electron chi connectivity index (χ1n) is 10.0. The number of aryl methyl sites for hydroxylation is 2. The Balaban J connectivity index is 2.17. The van der Waals surface area contributed by atoms with Crippen LogP contribution >= 0.6 is 0 Å². The number of amides is 1. The molecular formula is C24H35NO3. The van der Waals surface area contributed by atoms with Gasteiger partial charge in [0.1, 0.15) is 0 Å². The molecule has 1 amide bonds. The lowest BCUT2D eigenvalue weighted by Crippen LogP contribution is -2.21. The summed E-state index contributed by atoms with van der Waals surface area (Å²) in [5.74, 6) is 0.0821. The number of carbonyl (C=O) groups is 1. The highest BCUT2D eigenvalue weighted by Crippen LogP contribution is 2.09.